The minimum absolute atomic E-state index is 0.00713. The molecule has 1 unspecified atom stereocenters. The summed E-state index contributed by atoms with van der Waals surface area (Å²) in [4.78, 5) is 32.4. The van der Waals surface area contributed by atoms with Crippen LogP contribution in [0.15, 0.2) is 70.3 Å². The number of aromatic nitrogens is 1. The molecule has 0 radical (unpaired) electrons. The second kappa shape index (κ2) is 7.97. The Morgan fingerprint density at radius 2 is 1.94 bits per heavy atom. The molecule has 0 fully saturated rings. The van der Waals surface area contributed by atoms with Crippen LogP contribution in [0.4, 0.5) is 9.52 Å². The number of halogens is 1. The molecule has 4 aromatic rings. The fourth-order valence-electron chi connectivity index (χ4n) is 3.96. The molecule has 0 bridgehead atoms. The minimum atomic E-state index is -0.984. The Labute approximate surface area is 192 Å². The number of ketones is 1. The number of furan rings is 1. The molecule has 1 amide bonds. The topological polar surface area (TPSA) is 83.6 Å². The van der Waals surface area contributed by atoms with Gasteiger partial charge in [-0.15, -0.1) is 0 Å². The van der Waals surface area contributed by atoms with Crippen LogP contribution in [0.2, 0.25) is 0 Å². The molecule has 166 valence electrons. The van der Waals surface area contributed by atoms with Crippen molar-refractivity contribution in [2.45, 2.75) is 26.3 Å². The summed E-state index contributed by atoms with van der Waals surface area (Å²) >= 11 is 1.29. The fourth-order valence-corrected chi connectivity index (χ4v) is 5.02. The van der Waals surface area contributed by atoms with Crippen molar-refractivity contribution in [2.75, 3.05) is 4.90 Å². The lowest BCUT2D eigenvalue weighted by Crippen LogP contribution is -2.30. The normalized spacial score (nSPS) is 16.3. The SMILES string of the molecule is CCc1ccc2nc(N3C(=O)C(O)=C(C(=O)c4ccc(C)o4)C3c3ccc(F)cc3)sc2c1. The molecule has 0 saturated carbocycles. The van der Waals surface area contributed by atoms with Crippen LogP contribution < -0.4 is 4.90 Å². The Balaban J connectivity index is 1.66. The summed E-state index contributed by atoms with van der Waals surface area (Å²) < 4.78 is 20.0. The van der Waals surface area contributed by atoms with Crippen LogP contribution in [0, 0.1) is 12.7 Å². The molecule has 0 spiro atoms. The third-order valence-corrected chi connectivity index (χ3v) is 6.68. The number of nitrogens with zero attached hydrogens (tertiary/aromatic N) is 2. The van der Waals surface area contributed by atoms with E-state index in [0.29, 0.717) is 22.0 Å². The largest absolute Gasteiger partial charge is 0.503 e. The maximum Gasteiger partial charge on any atom is 0.296 e. The molecule has 1 aliphatic rings. The van der Waals surface area contributed by atoms with Crippen molar-refractivity contribution in [2.24, 2.45) is 0 Å². The number of carbonyl (C=O) groups excluding carboxylic acids is 2. The predicted octanol–water partition coefficient (Wildman–Crippen LogP) is 5.68. The molecular formula is C25H19FN2O4S. The van der Waals surface area contributed by atoms with E-state index in [-0.39, 0.29) is 11.3 Å². The molecule has 0 saturated heterocycles. The molecule has 8 heteroatoms. The van der Waals surface area contributed by atoms with Crippen molar-refractivity contribution >= 4 is 38.4 Å². The number of aryl methyl sites for hydroxylation is 2. The molecule has 1 N–H and O–H groups in total. The first-order valence-corrected chi connectivity index (χ1v) is 11.2. The van der Waals surface area contributed by atoms with Gasteiger partial charge in [0, 0.05) is 0 Å². The Bertz CT molecular complexity index is 1430. The number of aliphatic hydroxyl groups is 1. The van der Waals surface area contributed by atoms with Crippen molar-refractivity contribution in [3.8, 4) is 0 Å². The van der Waals surface area contributed by atoms with Crippen LogP contribution >= 0.6 is 11.3 Å². The number of benzene rings is 2. The number of hydrogen-bond acceptors (Lipinski definition) is 6. The monoisotopic (exact) mass is 462 g/mol. The van der Waals surface area contributed by atoms with Crippen LogP contribution in [0.5, 0.6) is 0 Å². The summed E-state index contributed by atoms with van der Waals surface area (Å²) in [6, 6.07) is 13.5. The van der Waals surface area contributed by atoms with Crippen molar-refractivity contribution in [1.82, 2.24) is 4.98 Å². The molecule has 6 nitrogen and oxygen atoms in total. The van der Waals surface area contributed by atoms with E-state index in [4.69, 9.17) is 4.42 Å². The molecular weight excluding hydrogens is 443 g/mol. The van der Waals surface area contributed by atoms with E-state index in [1.165, 1.54) is 46.6 Å². The number of hydrogen-bond donors (Lipinski definition) is 1. The van der Waals surface area contributed by atoms with Crippen LogP contribution in [-0.4, -0.2) is 21.8 Å². The lowest BCUT2D eigenvalue weighted by molar-refractivity contribution is -0.117. The molecule has 33 heavy (non-hydrogen) atoms. The van der Waals surface area contributed by atoms with E-state index in [1.807, 2.05) is 25.1 Å². The molecule has 5 rings (SSSR count). The third-order valence-electron chi connectivity index (χ3n) is 5.66. The van der Waals surface area contributed by atoms with Gasteiger partial charge in [-0.05, 0) is 60.9 Å². The Kier molecular flexibility index (Phi) is 5.09. The van der Waals surface area contributed by atoms with Crippen molar-refractivity contribution in [3.05, 3.63) is 94.4 Å². The van der Waals surface area contributed by atoms with E-state index >= 15 is 0 Å². The second-order valence-corrected chi connectivity index (χ2v) is 8.79. The molecule has 1 aliphatic heterocycles. The highest BCUT2D eigenvalue weighted by Crippen LogP contribution is 2.44. The third kappa shape index (κ3) is 3.52. The number of aliphatic hydroxyl groups excluding tert-OH is 1. The van der Waals surface area contributed by atoms with Gasteiger partial charge in [0.05, 0.1) is 21.8 Å². The molecule has 0 aliphatic carbocycles. The Hall–Kier alpha value is -3.78. The highest BCUT2D eigenvalue weighted by molar-refractivity contribution is 7.22. The average molecular weight is 463 g/mol. The fraction of sp³-hybridized carbons (Fsp3) is 0.160. The first-order chi connectivity index (χ1) is 15.9. The van der Waals surface area contributed by atoms with Gasteiger partial charge in [-0.3, -0.25) is 14.5 Å². The van der Waals surface area contributed by atoms with Gasteiger partial charge in [0.25, 0.3) is 5.91 Å². The molecule has 3 heterocycles. The lowest BCUT2D eigenvalue weighted by Gasteiger charge is -2.24. The Morgan fingerprint density at radius 1 is 1.18 bits per heavy atom. The van der Waals surface area contributed by atoms with Crippen LogP contribution in [0.3, 0.4) is 0 Å². The molecule has 2 aromatic carbocycles. The van der Waals surface area contributed by atoms with Crippen LogP contribution in [0.25, 0.3) is 10.2 Å². The van der Waals surface area contributed by atoms with Crippen LogP contribution in [-0.2, 0) is 11.2 Å². The van der Waals surface area contributed by atoms with E-state index in [9.17, 15) is 19.1 Å². The minimum Gasteiger partial charge on any atom is -0.503 e. The zero-order valence-electron chi connectivity index (χ0n) is 17.8. The predicted molar refractivity (Wildman–Crippen MR) is 123 cm³/mol. The summed E-state index contributed by atoms with van der Waals surface area (Å²) in [6.07, 6.45) is 0.855. The van der Waals surface area contributed by atoms with Crippen molar-refractivity contribution in [1.29, 1.82) is 0 Å². The van der Waals surface area contributed by atoms with Gasteiger partial charge in [-0.25, -0.2) is 9.37 Å². The average Bonchev–Trinajstić information content (AvgIpc) is 3.49. The summed E-state index contributed by atoms with van der Waals surface area (Å²) in [5.74, 6) is -1.95. The van der Waals surface area contributed by atoms with Gasteiger partial charge >= 0.3 is 0 Å². The van der Waals surface area contributed by atoms with Gasteiger partial charge in [0.1, 0.15) is 11.6 Å². The first kappa shape index (κ1) is 21.1. The Morgan fingerprint density at radius 3 is 2.61 bits per heavy atom. The quantitative estimate of drug-likeness (QED) is 0.386. The van der Waals surface area contributed by atoms with Gasteiger partial charge in [0.15, 0.2) is 16.7 Å². The van der Waals surface area contributed by atoms with Gasteiger partial charge < -0.3 is 9.52 Å². The molecule has 1 atom stereocenters. The summed E-state index contributed by atoms with van der Waals surface area (Å²) in [5.41, 5.74) is 2.17. The maximum atomic E-state index is 13.6. The van der Waals surface area contributed by atoms with Crippen LogP contribution in [0.1, 0.15) is 40.4 Å². The lowest BCUT2D eigenvalue weighted by atomic mass is 9.95. The van der Waals surface area contributed by atoms with E-state index < -0.39 is 29.3 Å². The number of carbonyl (C=O) groups is 2. The van der Waals surface area contributed by atoms with E-state index in [0.717, 1.165) is 16.7 Å². The van der Waals surface area contributed by atoms with E-state index in [2.05, 4.69) is 4.98 Å². The number of amides is 1. The van der Waals surface area contributed by atoms with Crippen molar-refractivity contribution < 1.29 is 23.5 Å². The number of thiazole rings is 1. The van der Waals surface area contributed by atoms with Gasteiger partial charge in [-0.1, -0.05) is 36.5 Å². The van der Waals surface area contributed by atoms with E-state index in [1.54, 1.807) is 13.0 Å². The zero-order valence-corrected chi connectivity index (χ0v) is 18.6. The smallest absolute Gasteiger partial charge is 0.296 e. The summed E-state index contributed by atoms with van der Waals surface area (Å²) in [5, 5.41) is 11.1. The first-order valence-electron chi connectivity index (χ1n) is 10.4. The molecule has 2 aromatic heterocycles. The maximum absolute atomic E-state index is 13.6. The summed E-state index contributed by atoms with van der Waals surface area (Å²) in [6.45, 7) is 3.74. The highest BCUT2D eigenvalue weighted by atomic mass is 32.1. The highest BCUT2D eigenvalue weighted by Gasteiger charge is 2.46. The zero-order chi connectivity index (χ0) is 23.3. The van der Waals surface area contributed by atoms with Crippen molar-refractivity contribution in [3.63, 3.8) is 0 Å². The standard InChI is InChI=1S/C25H19FN2O4S/c1-3-14-5-10-17-19(12-14)33-25(27-17)28-21(15-6-8-16(26)9-7-15)20(23(30)24(28)31)22(29)18-11-4-13(2)32-18/h4-12,21,30H,3H2,1-2H3. The number of fused-ring (bicyclic) bond motifs is 1. The second-order valence-electron chi connectivity index (χ2n) is 7.78. The number of Topliss-reactive ketones (excluding diaryl/α,β-unsaturated/α-hetero) is 1. The number of rotatable bonds is 5. The summed E-state index contributed by atoms with van der Waals surface area (Å²) in [7, 11) is 0. The van der Waals surface area contributed by atoms with Gasteiger partial charge in [-0.2, -0.15) is 0 Å². The van der Waals surface area contributed by atoms with Gasteiger partial charge in [0.2, 0.25) is 5.78 Å². The number of anilines is 1.